The van der Waals surface area contributed by atoms with Crippen LogP contribution in [0.4, 0.5) is 0 Å². The summed E-state index contributed by atoms with van der Waals surface area (Å²) in [6.07, 6.45) is 5.47. The van der Waals surface area contributed by atoms with Crippen LogP contribution in [0.25, 0.3) is 0 Å². The molecule has 8 heteroatoms. The Kier molecular flexibility index (Phi) is 7.10. The second-order valence-electron chi connectivity index (χ2n) is 7.50. The van der Waals surface area contributed by atoms with Gasteiger partial charge >= 0.3 is 0 Å². The molecule has 6 nitrogen and oxygen atoms in total. The second-order valence-corrected chi connectivity index (χ2v) is 11.0. The average molecular weight is 437 g/mol. The number of aryl methyl sites for hydroxylation is 1. The molecule has 1 aliphatic rings. The molecule has 3 rings (SSSR count). The quantitative estimate of drug-likeness (QED) is 0.665. The molecule has 1 saturated carbocycles. The van der Waals surface area contributed by atoms with Gasteiger partial charge < -0.3 is 0 Å². The van der Waals surface area contributed by atoms with Crippen LogP contribution in [0.5, 0.6) is 0 Å². The van der Waals surface area contributed by atoms with Crippen molar-refractivity contribution in [2.45, 2.75) is 61.3 Å². The zero-order valence-corrected chi connectivity index (χ0v) is 18.2. The van der Waals surface area contributed by atoms with Crippen LogP contribution in [0.15, 0.2) is 58.3 Å². The zero-order chi connectivity index (χ0) is 20.9. The summed E-state index contributed by atoms with van der Waals surface area (Å²) in [5.74, 6) is 0. The minimum Gasteiger partial charge on any atom is -0.211 e. The smallest absolute Gasteiger partial charge is 0.211 e. The van der Waals surface area contributed by atoms with Crippen LogP contribution in [-0.2, 0) is 26.5 Å². The van der Waals surface area contributed by atoms with E-state index >= 15 is 0 Å². The Balaban J connectivity index is 1.62. The number of hydrogen-bond donors (Lipinski definition) is 2. The van der Waals surface area contributed by atoms with E-state index in [0.29, 0.717) is 6.42 Å². The van der Waals surface area contributed by atoms with Crippen molar-refractivity contribution >= 4 is 20.0 Å². The van der Waals surface area contributed by atoms with E-state index in [1.807, 2.05) is 31.2 Å². The van der Waals surface area contributed by atoms with Crippen molar-refractivity contribution in [3.05, 3.63) is 59.7 Å². The number of sulfonamides is 2. The molecule has 0 atom stereocenters. The van der Waals surface area contributed by atoms with E-state index in [1.165, 1.54) is 24.3 Å². The highest BCUT2D eigenvalue weighted by Gasteiger charge is 2.22. The van der Waals surface area contributed by atoms with Crippen molar-refractivity contribution in [2.75, 3.05) is 6.54 Å². The van der Waals surface area contributed by atoms with Crippen molar-refractivity contribution in [1.29, 1.82) is 0 Å². The molecule has 0 radical (unpaired) electrons. The molecule has 0 bridgehead atoms. The van der Waals surface area contributed by atoms with Gasteiger partial charge in [0.15, 0.2) is 0 Å². The lowest BCUT2D eigenvalue weighted by molar-refractivity contribution is 0.412. The highest BCUT2D eigenvalue weighted by atomic mass is 32.2. The Morgan fingerprint density at radius 3 is 2.03 bits per heavy atom. The molecule has 0 amide bonds. The monoisotopic (exact) mass is 436 g/mol. The van der Waals surface area contributed by atoms with Gasteiger partial charge in [0.2, 0.25) is 20.0 Å². The molecule has 2 aromatic rings. The average Bonchev–Trinajstić information content (AvgIpc) is 2.70. The van der Waals surface area contributed by atoms with Gasteiger partial charge in [0, 0.05) is 12.6 Å². The molecule has 1 aliphatic carbocycles. The Bertz CT molecular complexity index is 1030. The molecular formula is C21H28N2O4S2. The van der Waals surface area contributed by atoms with Crippen LogP contribution in [-0.4, -0.2) is 29.4 Å². The first-order chi connectivity index (χ1) is 13.8. The number of nitrogens with one attached hydrogen (secondary N) is 2. The first kappa shape index (κ1) is 22.0. The van der Waals surface area contributed by atoms with Gasteiger partial charge in [-0.1, -0.05) is 43.5 Å². The zero-order valence-electron chi connectivity index (χ0n) is 16.6. The van der Waals surface area contributed by atoms with E-state index in [-0.39, 0.29) is 22.4 Å². The number of hydrogen-bond acceptors (Lipinski definition) is 4. The van der Waals surface area contributed by atoms with Crippen LogP contribution in [0, 0.1) is 6.92 Å². The van der Waals surface area contributed by atoms with Gasteiger partial charge in [-0.2, -0.15) is 0 Å². The molecule has 0 heterocycles. The topological polar surface area (TPSA) is 92.3 Å². The Hall–Kier alpha value is -1.74. The molecule has 0 aromatic heterocycles. The van der Waals surface area contributed by atoms with Crippen molar-refractivity contribution in [1.82, 2.24) is 9.44 Å². The van der Waals surface area contributed by atoms with Crippen molar-refractivity contribution in [2.24, 2.45) is 0 Å². The summed E-state index contributed by atoms with van der Waals surface area (Å²) in [6, 6.07) is 13.2. The van der Waals surface area contributed by atoms with E-state index in [2.05, 4.69) is 9.44 Å². The maximum Gasteiger partial charge on any atom is 0.240 e. The molecular weight excluding hydrogens is 408 g/mol. The van der Waals surface area contributed by atoms with Gasteiger partial charge in [-0.25, -0.2) is 26.3 Å². The predicted octanol–water partition coefficient (Wildman–Crippen LogP) is 3.13. The lowest BCUT2D eigenvalue weighted by atomic mass is 9.96. The maximum absolute atomic E-state index is 12.5. The number of benzene rings is 2. The molecule has 158 valence electrons. The highest BCUT2D eigenvalue weighted by Crippen LogP contribution is 2.21. The lowest BCUT2D eigenvalue weighted by Crippen LogP contribution is -2.36. The third-order valence-electron chi connectivity index (χ3n) is 5.32. The summed E-state index contributed by atoms with van der Waals surface area (Å²) in [5, 5.41) is 0. The van der Waals surface area contributed by atoms with Gasteiger partial charge in [-0.05, 0) is 61.6 Å². The highest BCUT2D eigenvalue weighted by molar-refractivity contribution is 7.90. The fourth-order valence-corrected chi connectivity index (χ4v) is 5.94. The van der Waals surface area contributed by atoms with Gasteiger partial charge in [-0.15, -0.1) is 0 Å². The van der Waals surface area contributed by atoms with E-state index in [0.717, 1.165) is 43.2 Å². The molecule has 29 heavy (non-hydrogen) atoms. The van der Waals surface area contributed by atoms with E-state index < -0.39 is 20.0 Å². The summed E-state index contributed by atoms with van der Waals surface area (Å²) < 4.78 is 55.4. The molecule has 2 N–H and O–H groups in total. The lowest BCUT2D eigenvalue weighted by Gasteiger charge is -2.22. The minimum absolute atomic E-state index is 0.0414. The Labute approximate surface area is 173 Å². The van der Waals surface area contributed by atoms with Crippen molar-refractivity contribution < 1.29 is 16.8 Å². The largest absolute Gasteiger partial charge is 0.240 e. The van der Waals surface area contributed by atoms with Crippen LogP contribution in [0.1, 0.15) is 43.2 Å². The predicted molar refractivity (Wildman–Crippen MR) is 114 cm³/mol. The van der Waals surface area contributed by atoms with Gasteiger partial charge in [0.1, 0.15) is 0 Å². The Morgan fingerprint density at radius 2 is 1.41 bits per heavy atom. The summed E-state index contributed by atoms with van der Waals surface area (Å²) in [5.41, 5.74) is 2.21. The summed E-state index contributed by atoms with van der Waals surface area (Å²) in [7, 11) is -7.34. The minimum atomic E-state index is -3.70. The van der Waals surface area contributed by atoms with Crippen LogP contribution in [0.2, 0.25) is 0 Å². The van der Waals surface area contributed by atoms with E-state index in [1.54, 1.807) is 0 Å². The fraction of sp³-hybridized carbons (Fsp3) is 0.429. The van der Waals surface area contributed by atoms with Crippen LogP contribution < -0.4 is 9.44 Å². The SMILES string of the molecule is Cc1ccccc1CCNS(=O)(=O)c1ccc(S(=O)(=O)NC2CCCCC2)cc1. The fourth-order valence-electron chi connectivity index (χ4n) is 3.60. The molecule has 0 spiro atoms. The normalized spacial score (nSPS) is 16.0. The number of rotatable bonds is 8. The van der Waals surface area contributed by atoms with Gasteiger partial charge in [-0.3, -0.25) is 0 Å². The van der Waals surface area contributed by atoms with Gasteiger partial charge in [0.25, 0.3) is 0 Å². The maximum atomic E-state index is 12.5. The molecule has 0 unspecified atom stereocenters. The van der Waals surface area contributed by atoms with E-state index in [4.69, 9.17) is 0 Å². The molecule has 0 saturated heterocycles. The second kappa shape index (κ2) is 9.38. The van der Waals surface area contributed by atoms with Gasteiger partial charge in [0.05, 0.1) is 9.79 Å². The molecule has 2 aromatic carbocycles. The molecule has 1 fully saturated rings. The summed E-state index contributed by atoms with van der Waals surface area (Å²) in [4.78, 5) is 0.140. The van der Waals surface area contributed by atoms with E-state index in [9.17, 15) is 16.8 Å². The van der Waals surface area contributed by atoms with Crippen molar-refractivity contribution in [3.8, 4) is 0 Å². The third kappa shape index (κ3) is 5.88. The summed E-state index contributed by atoms with van der Waals surface area (Å²) in [6.45, 7) is 2.26. The van der Waals surface area contributed by atoms with Crippen LogP contribution >= 0.6 is 0 Å². The standard InChI is InChI=1S/C21H28N2O4S2/c1-17-7-5-6-8-18(17)15-16-22-28(24,25)20-11-13-21(14-12-20)29(26,27)23-19-9-3-2-4-10-19/h5-8,11-14,19,22-23H,2-4,9-10,15-16H2,1H3. The van der Waals surface area contributed by atoms with Crippen molar-refractivity contribution in [3.63, 3.8) is 0 Å². The first-order valence-corrected chi connectivity index (χ1v) is 12.9. The third-order valence-corrected chi connectivity index (χ3v) is 8.33. The summed E-state index contributed by atoms with van der Waals surface area (Å²) >= 11 is 0. The first-order valence-electron chi connectivity index (χ1n) is 9.94. The Morgan fingerprint density at radius 1 is 0.828 bits per heavy atom. The van der Waals surface area contributed by atoms with Crippen LogP contribution in [0.3, 0.4) is 0 Å². The molecule has 0 aliphatic heterocycles.